The Hall–Kier alpha value is -1.12. The van der Waals surface area contributed by atoms with Gasteiger partial charge in [-0.3, -0.25) is 4.79 Å². The van der Waals surface area contributed by atoms with Gasteiger partial charge in [-0.25, -0.2) is 0 Å². The smallest absolute Gasteiger partial charge is 0.313 e. The molecule has 0 fully saturated rings. The van der Waals surface area contributed by atoms with E-state index in [2.05, 4.69) is 33.9 Å². The van der Waals surface area contributed by atoms with Crippen molar-refractivity contribution in [3.8, 4) is 0 Å². The summed E-state index contributed by atoms with van der Waals surface area (Å²) in [6.07, 6.45) is 0. The van der Waals surface area contributed by atoms with Gasteiger partial charge in [0.15, 0.2) is 4.34 Å². The summed E-state index contributed by atoms with van der Waals surface area (Å²) < 4.78 is 0.669. The van der Waals surface area contributed by atoms with Gasteiger partial charge >= 0.3 is 5.97 Å². The van der Waals surface area contributed by atoms with Crippen LogP contribution < -0.4 is 5.32 Å². The third-order valence-electron chi connectivity index (χ3n) is 2.09. The summed E-state index contributed by atoms with van der Waals surface area (Å²) in [5, 5.41) is 22.4. The average molecular weight is 301 g/mol. The van der Waals surface area contributed by atoms with Crippen LogP contribution in [0.1, 0.15) is 10.4 Å². The molecule has 2 N–H and O–H groups in total. The van der Waals surface area contributed by atoms with Gasteiger partial charge in [0.1, 0.15) is 0 Å². The Labute approximate surface area is 116 Å². The zero-order chi connectivity index (χ0) is 13.0. The zero-order valence-electron chi connectivity index (χ0n) is 9.54. The molecule has 0 bridgehead atoms. The molecule has 0 radical (unpaired) electrons. The fraction of sp³-hybridized carbons (Fsp3) is 0.300. The van der Waals surface area contributed by atoms with Crippen LogP contribution >= 0.6 is 34.4 Å². The van der Waals surface area contributed by atoms with Crippen LogP contribution in [0.5, 0.6) is 0 Å². The second-order valence-corrected chi connectivity index (χ2v) is 6.64. The number of aliphatic carboxylic acids is 1. The van der Waals surface area contributed by atoms with E-state index in [0.29, 0.717) is 4.34 Å². The molecule has 0 amide bonds. The molecule has 2 rings (SSSR count). The molecule has 0 unspecified atom stereocenters. The Morgan fingerprint density at radius 1 is 1.56 bits per heavy atom. The number of aromatic nitrogens is 2. The van der Waals surface area contributed by atoms with Gasteiger partial charge in [-0.2, -0.15) is 0 Å². The van der Waals surface area contributed by atoms with Crippen LogP contribution in [0, 0.1) is 6.92 Å². The summed E-state index contributed by atoms with van der Waals surface area (Å²) in [4.78, 5) is 11.7. The molecule has 8 heteroatoms. The number of carboxylic acids is 1. The Morgan fingerprint density at radius 2 is 2.39 bits per heavy atom. The van der Waals surface area contributed by atoms with Gasteiger partial charge in [-0.05, 0) is 23.9 Å². The number of nitrogens with zero attached hydrogens (tertiary/aromatic N) is 2. The van der Waals surface area contributed by atoms with Gasteiger partial charge in [-0.1, -0.05) is 23.1 Å². The number of thioether (sulfide) groups is 1. The number of nitrogens with one attached hydrogen (secondary N) is 1. The Kier molecular flexibility index (Phi) is 4.56. The second kappa shape index (κ2) is 6.17. The molecular formula is C10H11N3O2S3. The van der Waals surface area contributed by atoms with Crippen molar-refractivity contribution in [2.75, 3.05) is 11.1 Å². The Morgan fingerprint density at radius 3 is 3.06 bits per heavy atom. The standard InChI is InChI=1S/C10H11N3O2S3/c1-6-2-3-16-7(6)4-11-9-12-13-10(18-9)17-5-8(14)15/h2-3H,4-5H2,1H3,(H,11,12)(H,14,15). The highest BCUT2D eigenvalue weighted by Gasteiger charge is 2.07. The highest BCUT2D eigenvalue weighted by Crippen LogP contribution is 2.26. The van der Waals surface area contributed by atoms with Crippen LogP contribution in [-0.4, -0.2) is 27.0 Å². The maximum atomic E-state index is 10.4. The largest absolute Gasteiger partial charge is 0.481 e. The molecule has 2 aromatic heterocycles. The van der Waals surface area contributed by atoms with E-state index in [1.165, 1.54) is 33.5 Å². The van der Waals surface area contributed by atoms with E-state index in [1.807, 2.05) is 0 Å². The van der Waals surface area contributed by atoms with E-state index < -0.39 is 5.97 Å². The number of hydrogen-bond donors (Lipinski definition) is 2. The first-order valence-corrected chi connectivity index (χ1v) is 7.78. The molecule has 5 nitrogen and oxygen atoms in total. The molecule has 0 saturated carbocycles. The molecule has 96 valence electrons. The lowest BCUT2D eigenvalue weighted by molar-refractivity contribution is -0.133. The first-order chi connectivity index (χ1) is 8.65. The van der Waals surface area contributed by atoms with E-state index in [0.717, 1.165) is 11.7 Å². The fourth-order valence-corrected chi connectivity index (χ4v) is 3.52. The van der Waals surface area contributed by atoms with Crippen molar-refractivity contribution < 1.29 is 9.90 Å². The number of hydrogen-bond acceptors (Lipinski definition) is 7. The molecule has 2 heterocycles. The van der Waals surface area contributed by atoms with Crippen LogP contribution in [0.15, 0.2) is 15.8 Å². The van der Waals surface area contributed by atoms with Crippen molar-refractivity contribution in [2.24, 2.45) is 0 Å². The molecule has 0 aliphatic carbocycles. The topological polar surface area (TPSA) is 75.1 Å². The Bertz CT molecular complexity index is 538. The highest BCUT2D eigenvalue weighted by atomic mass is 32.2. The monoisotopic (exact) mass is 301 g/mol. The molecular weight excluding hydrogens is 290 g/mol. The quantitative estimate of drug-likeness (QED) is 0.799. The van der Waals surface area contributed by atoms with Crippen LogP contribution in [0.3, 0.4) is 0 Å². The highest BCUT2D eigenvalue weighted by molar-refractivity contribution is 8.01. The van der Waals surface area contributed by atoms with Crippen molar-refractivity contribution in [3.63, 3.8) is 0 Å². The first-order valence-electron chi connectivity index (χ1n) is 5.10. The molecule has 0 spiro atoms. The van der Waals surface area contributed by atoms with Crippen LogP contribution in [0.2, 0.25) is 0 Å². The zero-order valence-corrected chi connectivity index (χ0v) is 12.0. The second-order valence-electron chi connectivity index (χ2n) is 3.44. The summed E-state index contributed by atoms with van der Waals surface area (Å²) in [6.45, 7) is 2.80. The SMILES string of the molecule is Cc1ccsc1CNc1nnc(SCC(=O)O)s1. The summed E-state index contributed by atoms with van der Waals surface area (Å²) in [5.41, 5.74) is 1.26. The molecule has 0 aromatic carbocycles. The van der Waals surface area contributed by atoms with E-state index in [-0.39, 0.29) is 5.75 Å². The minimum Gasteiger partial charge on any atom is -0.481 e. The number of aryl methyl sites for hydroxylation is 1. The molecule has 2 aromatic rings. The lowest BCUT2D eigenvalue weighted by atomic mass is 10.3. The van der Waals surface area contributed by atoms with Crippen molar-refractivity contribution in [1.29, 1.82) is 0 Å². The van der Waals surface area contributed by atoms with Gasteiger partial charge in [0.05, 0.1) is 12.3 Å². The number of carbonyl (C=O) groups is 1. The van der Waals surface area contributed by atoms with E-state index in [1.54, 1.807) is 11.3 Å². The van der Waals surface area contributed by atoms with Crippen molar-refractivity contribution >= 4 is 45.5 Å². The van der Waals surface area contributed by atoms with Gasteiger partial charge in [0, 0.05) is 4.88 Å². The van der Waals surface area contributed by atoms with Gasteiger partial charge in [0.25, 0.3) is 0 Å². The van der Waals surface area contributed by atoms with Gasteiger partial charge < -0.3 is 10.4 Å². The Balaban J connectivity index is 1.87. The number of carboxylic acid groups (broad SMARTS) is 1. The number of rotatable bonds is 6. The van der Waals surface area contributed by atoms with Crippen LogP contribution in [0.25, 0.3) is 0 Å². The molecule has 0 aliphatic rings. The van der Waals surface area contributed by atoms with Crippen molar-refractivity contribution in [3.05, 3.63) is 21.9 Å². The van der Waals surface area contributed by atoms with Gasteiger partial charge in [0.2, 0.25) is 5.13 Å². The van der Waals surface area contributed by atoms with Gasteiger partial charge in [-0.15, -0.1) is 21.5 Å². The minimum atomic E-state index is -0.848. The van der Waals surface area contributed by atoms with E-state index in [9.17, 15) is 4.79 Å². The fourth-order valence-electron chi connectivity index (χ4n) is 1.20. The summed E-state index contributed by atoms with van der Waals surface area (Å²) in [5.74, 6) is -0.836. The van der Waals surface area contributed by atoms with E-state index >= 15 is 0 Å². The number of thiophene rings is 1. The molecule has 18 heavy (non-hydrogen) atoms. The predicted octanol–water partition coefficient (Wildman–Crippen LogP) is 2.70. The molecule has 0 atom stereocenters. The van der Waals surface area contributed by atoms with Crippen molar-refractivity contribution in [2.45, 2.75) is 17.8 Å². The minimum absolute atomic E-state index is 0.0126. The lowest BCUT2D eigenvalue weighted by Crippen LogP contribution is -1.97. The normalized spacial score (nSPS) is 10.5. The summed E-state index contributed by atoms with van der Waals surface area (Å²) in [6, 6.07) is 2.08. The third kappa shape index (κ3) is 3.69. The third-order valence-corrected chi connectivity index (χ3v) is 5.12. The lowest BCUT2D eigenvalue weighted by Gasteiger charge is -1.99. The average Bonchev–Trinajstić information content (AvgIpc) is 2.93. The maximum absolute atomic E-state index is 10.4. The number of anilines is 1. The van der Waals surface area contributed by atoms with Crippen LogP contribution in [0.4, 0.5) is 5.13 Å². The maximum Gasteiger partial charge on any atom is 0.313 e. The molecule has 0 saturated heterocycles. The molecule has 0 aliphatic heterocycles. The first kappa shape index (κ1) is 13.3. The van der Waals surface area contributed by atoms with E-state index in [4.69, 9.17) is 5.11 Å². The summed E-state index contributed by atoms with van der Waals surface area (Å²) in [7, 11) is 0. The predicted molar refractivity (Wildman–Crippen MR) is 74.7 cm³/mol. The van der Waals surface area contributed by atoms with Crippen molar-refractivity contribution in [1.82, 2.24) is 10.2 Å². The van der Waals surface area contributed by atoms with Crippen LogP contribution in [-0.2, 0) is 11.3 Å². The summed E-state index contributed by atoms with van der Waals surface area (Å²) >= 11 is 4.26.